The van der Waals surface area contributed by atoms with Crippen molar-refractivity contribution in [2.75, 3.05) is 25.0 Å². The Morgan fingerprint density at radius 2 is 1.67 bits per heavy atom. The minimum absolute atomic E-state index is 0.0658. The Hall–Kier alpha value is -3.13. The fraction of sp³-hybridized carbons (Fsp3) is 0.364. The third-order valence-corrected chi connectivity index (χ3v) is 4.90. The van der Waals surface area contributed by atoms with Crippen molar-refractivity contribution in [1.82, 2.24) is 10.2 Å². The highest BCUT2D eigenvalue weighted by molar-refractivity contribution is 5.74. The molecule has 8 heteroatoms. The van der Waals surface area contributed by atoms with Crippen molar-refractivity contribution >= 4 is 18.2 Å². The molecule has 0 unspecified atom stereocenters. The first-order valence-corrected chi connectivity index (χ1v) is 9.96. The topological polar surface area (TPSA) is 108 Å². The number of benzene rings is 2. The van der Waals surface area contributed by atoms with Gasteiger partial charge in [-0.1, -0.05) is 24.3 Å². The van der Waals surface area contributed by atoms with E-state index in [0.29, 0.717) is 19.1 Å². The summed E-state index contributed by atoms with van der Waals surface area (Å²) in [6, 6.07) is 14.9. The van der Waals surface area contributed by atoms with Crippen LogP contribution in [0.15, 0.2) is 48.5 Å². The number of carbonyl (C=O) groups is 2. The highest BCUT2D eigenvalue weighted by atomic mass is 19.1. The monoisotopic (exact) mass is 416 g/mol. The number of nitrogens with one attached hydrogen (secondary N) is 2. The van der Waals surface area contributed by atoms with Crippen LogP contribution in [0.3, 0.4) is 0 Å². The molecule has 0 radical (unpaired) electrons. The number of urea groups is 1. The van der Waals surface area contributed by atoms with Crippen LogP contribution in [0.25, 0.3) is 0 Å². The zero-order valence-corrected chi connectivity index (χ0v) is 16.9. The van der Waals surface area contributed by atoms with Gasteiger partial charge in [0, 0.05) is 31.4 Å². The number of hydrogen-bond acceptors (Lipinski definition) is 4. The summed E-state index contributed by atoms with van der Waals surface area (Å²) < 4.78 is 12.9. The molecule has 0 atom stereocenters. The molecule has 1 aliphatic heterocycles. The van der Waals surface area contributed by atoms with Crippen LogP contribution in [-0.4, -0.2) is 48.2 Å². The van der Waals surface area contributed by atoms with Crippen molar-refractivity contribution in [3.8, 4) is 0 Å². The predicted molar refractivity (Wildman–Crippen MR) is 115 cm³/mol. The third-order valence-electron chi connectivity index (χ3n) is 4.90. The number of nitrogens with two attached hydrogens (primary N) is 1. The van der Waals surface area contributed by atoms with Crippen LogP contribution in [0, 0.1) is 5.82 Å². The number of carboxylic acid groups (broad SMARTS) is 1. The van der Waals surface area contributed by atoms with E-state index in [1.807, 2.05) is 4.90 Å². The van der Waals surface area contributed by atoms with Gasteiger partial charge in [-0.05, 0) is 61.2 Å². The minimum atomic E-state index is -0.270. The van der Waals surface area contributed by atoms with E-state index < -0.39 is 0 Å². The third kappa shape index (κ3) is 7.71. The average molecular weight is 416 g/mol. The van der Waals surface area contributed by atoms with Gasteiger partial charge in [-0.3, -0.25) is 4.79 Å². The molecule has 0 aromatic heterocycles. The number of nitrogens with zero attached hydrogens (tertiary/aromatic N) is 1. The molecule has 2 aromatic rings. The maximum Gasteiger partial charge on any atom is 0.317 e. The van der Waals surface area contributed by atoms with Crippen LogP contribution in [0.5, 0.6) is 0 Å². The van der Waals surface area contributed by atoms with Gasteiger partial charge in [-0.2, -0.15) is 0 Å². The summed E-state index contributed by atoms with van der Waals surface area (Å²) in [6.07, 6.45) is 2.72. The molecule has 1 aliphatic rings. The van der Waals surface area contributed by atoms with Crippen molar-refractivity contribution in [3.63, 3.8) is 0 Å². The summed E-state index contributed by atoms with van der Waals surface area (Å²) >= 11 is 0. The molecule has 0 saturated carbocycles. The summed E-state index contributed by atoms with van der Waals surface area (Å²) in [5, 5.41) is 13.3. The molecule has 1 saturated heterocycles. The van der Waals surface area contributed by atoms with Gasteiger partial charge in [0.1, 0.15) is 5.82 Å². The molecular weight excluding hydrogens is 387 g/mol. The summed E-state index contributed by atoms with van der Waals surface area (Å²) in [5.74, 6) is -0.270. The van der Waals surface area contributed by atoms with Crippen molar-refractivity contribution in [3.05, 3.63) is 65.5 Å². The zero-order valence-electron chi connectivity index (χ0n) is 16.9. The maximum atomic E-state index is 12.9. The Labute approximate surface area is 176 Å². The Bertz CT molecular complexity index is 776. The zero-order chi connectivity index (χ0) is 21.8. The highest BCUT2D eigenvalue weighted by Crippen LogP contribution is 2.17. The highest BCUT2D eigenvalue weighted by Gasteiger charge is 2.22. The van der Waals surface area contributed by atoms with Gasteiger partial charge in [0.15, 0.2) is 0 Å². The van der Waals surface area contributed by atoms with Gasteiger partial charge in [-0.25, -0.2) is 9.18 Å². The Kier molecular flexibility index (Phi) is 9.60. The summed E-state index contributed by atoms with van der Waals surface area (Å²) in [6.45, 7) is 2.26. The van der Waals surface area contributed by atoms with E-state index >= 15 is 0 Å². The number of halogens is 1. The lowest BCUT2D eigenvalue weighted by atomic mass is 10.0. The Balaban J connectivity index is 0.00000101. The number of rotatable bonds is 6. The second-order valence-electron chi connectivity index (χ2n) is 7.03. The van der Waals surface area contributed by atoms with Crippen molar-refractivity contribution in [2.45, 2.75) is 31.8 Å². The van der Waals surface area contributed by atoms with Gasteiger partial charge in [0.2, 0.25) is 0 Å². The molecule has 0 aliphatic carbocycles. The van der Waals surface area contributed by atoms with Gasteiger partial charge >= 0.3 is 6.03 Å². The van der Waals surface area contributed by atoms with Crippen LogP contribution < -0.4 is 16.4 Å². The van der Waals surface area contributed by atoms with Gasteiger partial charge in [-0.15, -0.1) is 0 Å². The molecule has 5 N–H and O–H groups in total. The molecule has 7 nitrogen and oxygen atoms in total. The maximum absolute atomic E-state index is 12.9. The van der Waals surface area contributed by atoms with Gasteiger partial charge < -0.3 is 26.4 Å². The fourth-order valence-electron chi connectivity index (χ4n) is 3.29. The molecule has 162 valence electrons. The molecule has 1 heterocycles. The number of piperidine rings is 1. The van der Waals surface area contributed by atoms with E-state index in [9.17, 15) is 9.18 Å². The van der Waals surface area contributed by atoms with Crippen LogP contribution >= 0.6 is 0 Å². The van der Waals surface area contributed by atoms with Crippen LogP contribution in [0.4, 0.5) is 14.9 Å². The molecular formula is C22H29FN4O3. The summed E-state index contributed by atoms with van der Waals surface area (Å²) in [4.78, 5) is 22.5. The van der Waals surface area contributed by atoms with Crippen molar-refractivity contribution < 1.29 is 19.1 Å². The van der Waals surface area contributed by atoms with Crippen LogP contribution in [0.2, 0.25) is 0 Å². The van der Waals surface area contributed by atoms with Gasteiger partial charge in [0.25, 0.3) is 6.47 Å². The van der Waals surface area contributed by atoms with E-state index in [-0.39, 0.29) is 18.3 Å². The normalized spacial score (nSPS) is 13.7. The first-order chi connectivity index (χ1) is 14.5. The quantitative estimate of drug-likeness (QED) is 0.542. The van der Waals surface area contributed by atoms with E-state index in [1.54, 1.807) is 12.1 Å². The molecule has 3 rings (SSSR count). The number of hydrogen-bond donors (Lipinski definition) is 4. The first kappa shape index (κ1) is 23.2. The first-order valence-electron chi connectivity index (χ1n) is 9.96. The smallest absolute Gasteiger partial charge is 0.317 e. The summed E-state index contributed by atoms with van der Waals surface area (Å²) in [5.41, 5.74) is 8.82. The van der Waals surface area contributed by atoms with Crippen LogP contribution in [0.1, 0.15) is 24.0 Å². The lowest BCUT2D eigenvalue weighted by Gasteiger charge is -2.33. The van der Waals surface area contributed by atoms with E-state index in [1.165, 1.54) is 17.7 Å². The SMILES string of the molecule is NCCc1ccc(NC2CCN(C(=O)NCc3ccc(F)cc3)CC2)cc1.O=CO. The lowest BCUT2D eigenvalue weighted by Crippen LogP contribution is -2.46. The Morgan fingerprint density at radius 1 is 1.10 bits per heavy atom. The molecule has 2 amide bonds. The fourth-order valence-corrected chi connectivity index (χ4v) is 3.29. The molecule has 0 bridgehead atoms. The van der Waals surface area contributed by atoms with E-state index in [2.05, 4.69) is 34.9 Å². The number of anilines is 1. The van der Waals surface area contributed by atoms with Crippen LogP contribution in [-0.2, 0) is 17.8 Å². The second-order valence-corrected chi connectivity index (χ2v) is 7.03. The summed E-state index contributed by atoms with van der Waals surface area (Å²) in [7, 11) is 0. The number of amides is 2. The van der Waals surface area contributed by atoms with Crippen molar-refractivity contribution in [2.24, 2.45) is 5.73 Å². The number of likely N-dealkylation sites (tertiary alicyclic amines) is 1. The van der Waals surface area contributed by atoms with E-state index in [4.69, 9.17) is 15.6 Å². The van der Waals surface area contributed by atoms with Gasteiger partial charge in [0.05, 0.1) is 0 Å². The predicted octanol–water partition coefficient (Wildman–Crippen LogP) is 2.81. The minimum Gasteiger partial charge on any atom is -0.483 e. The molecule has 2 aromatic carbocycles. The molecule has 1 fully saturated rings. The molecule has 30 heavy (non-hydrogen) atoms. The lowest BCUT2D eigenvalue weighted by molar-refractivity contribution is -0.122. The van der Waals surface area contributed by atoms with E-state index in [0.717, 1.165) is 43.6 Å². The van der Waals surface area contributed by atoms with Crippen molar-refractivity contribution in [1.29, 1.82) is 0 Å². The largest absolute Gasteiger partial charge is 0.483 e. The second kappa shape index (κ2) is 12.4. The Morgan fingerprint density at radius 3 is 2.23 bits per heavy atom. The molecule has 0 spiro atoms. The average Bonchev–Trinajstić information content (AvgIpc) is 2.76. The standard InChI is InChI=1S/C21H27FN4O.CH2O2/c22-18-5-1-17(2-6-18)15-24-21(27)26-13-10-20(11-14-26)25-19-7-3-16(4-8-19)9-12-23;2-1-3/h1-8,20,25H,9-15,23H2,(H,24,27);1H,(H,2,3). The number of carbonyl (C=O) groups excluding carboxylic acids is 1.